The molecular weight excluding hydrogens is 256 g/mol. The number of hydrogen-bond acceptors (Lipinski definition) is 3. The summed E-state index contributed by atoms with van der Waals surface area (Å²) in [5.41, 5.74) is 6.86. The second kappa shape index (κ2) is 3.79. The van der Waals surface area contributed by atoms with Crippen LogP contribution in [0.15, 0.2) is 39.2 Å². The Morgan fingerprint density at radius 2 is 1.93 bits per heavy atom. The summed E-state index contributed by atoms with van der Waals surface area (Å²) in [5.74, 6) is 0.730. The molecule has 0 spiro atoms. The van der Waals surface area contributed by atoms with Gasteiger partial charge in [0.1, 0.15) is 11.6 Å². The first-order valence-electron chi connectivity index (χ1n) is 4.27. The summed E-state index contributed by atoms with van der Waals surface area (Å²) in [6.07, 6.45) is 0. The van der Waals surface area contributed by atoms with Crippen LogP contribution in [-0.2, 0) is 0 Å². The molecule has 0 saturated heterocycles. The zero-order valence-corrected chi connectivity index (χ0v) is 9.28. The first-order chi connectivity index (χ1) is 7.24. The monoisotopic (exact) mass is 262 g/mol. The van der Waals surface area contributed by atoms with Crippen molar-refractivity contribution < 1.29 is 4.42 Å². The molecule has 15 heavy (non-hydrogen) atoms. The molecule has 1 aromatic heterocycles. The minimum atomic E-state index is 0.227. The number of nitrogen functional groups attached to an aromatic ring is 1. The average Bonchev–Trinajstić information content (AvgIpc) is 2.56. The first-order valence-corrected chi connectivity index (χ1v) is 5.06. The third-order valence-electron chi connectivity index (χ3n) is 2.02. The third-order valence-corrected chi connectivity index (χ3v) is 2.81. The summed E-state index contributed by atoms with van der Waals surface area (Å²) in [4.78, 5) is 0. The molecule has 0 atom stereocenters. The maximum Gasteiger partial charge on any atom is 0.206 e. The zero-order chi connectivity index (χ0) is 10.8. The van der Waals surface area contributed by atoms with Crippen LogP contribution in [0.25, 0.3) is 11.3 Å². The van der Waals surface area contributed by atoms with Gasteiger partial charge in [-0.2, -0.15) is 5.26 Å². The van der Waals surface area contributed by atoms with Gasteiger partial charge in [0, 0.05) is 5.56 Å². The van der Waals surface area contributed by atoms with Crippen LogP contribution in [0.2, 0.25) is 0 Å². The lowest BCUT2D eigenvalue weighted by atomic mass is 10.1. The van der Waals surface area contributed by atoms with Crippen LogP contribution in [0, 0.1) is 11.3 Å². The maximum atomic E-state index is 8.98. The van der Waals surface area contributed by atoms with Gasteiger partial charge in [-0.3, -0.25) is 0 Å². The van der Waals surface area contributed by atoms with Crippen molar-refractivity contribution >= 4 is 21.8 Å². The van der Waals surface area contributed by atoms with Crippen molar-refractivity contribution in [2.75, 3.05) is 5.73 Å². The second-order valence-corrected chi connectivity index (χ2v) is 3.76. The molecule has 0 saturated carbocycles. The Balaban J connectivity index is 2.65. The molecule has 0 unspecified atom stereocenters. The van der Waals surface area contributed by atoms with E-state index in [0.29, 0.717) is 15.8 Å². The standard InChI is InChI=1S/C11H7BrN2O/c12-9-8(6-13)10(15-11(9)14)7-4-2-1-3-5-7/h1-5H,14H2. The zero-order valence-electron chi connectivity index (χ0n) is 7.70. The molecule has 74 valence electrons. The summed E-state index contributed by atoms with van der Waals surface area (Å²) in [7, 11) is 0. The van der Waals surface area contributed by atoms with E-state index in [-0.39, 0.29) is 5.88 Å². The Hall–Kier alpha value is -1.73. The van der Waals surface area contributed by atoms with Crippen molar-refractivity contribution in [2.24, 2.45) is 0 Å². The predicted molar refractivity (Wildman–Crippen MR) is 61.0 cm³/mol. The Morgan fingerprint density at radius 1 is 1.27 bits per heavy atom. The molecule has 2 aromatic rings. The summed E-state index contributed by atoms with van der Waals surface area (Å²) in [6, 6.07) is 11.5. The second-order valence-electron chi connectivity index (χ2n) is 2.96. The van der Waals surface area contributed by atoms with Gasteiger partial charge in [0.05, 0.1) is 4.47 Å². The van der Waals surface area contributed by atoms with Crippen LogP contribution in [0.1, 0.15) is 5.56 Å². The van der Waals surface area contributed by atoms with Crippen molar-refractivity contribution in [3.05, 3.63) is 40.4 Å². The van der Waals surface area contributed by atoms with Crippen LogP contribution in [0.3, 0.4) is 0 Å². The van der Waals surface area contributed by atoms with Crippen molar-refractivity contribution in [3.8, 4) is 17.4 Å². The Morgan fingerprint density at radius 3 is 2.53 bits per heavy atom. The van der Waals surface area contributed by atoms with Crippen molar-refractivity contribution in [2.45, 2.75) is 0 Å². The molecule has 2 rings (SSSR count). The molecule has 2 N–H and O–H groups in total. The first kappa shape index (κ1) is 9.81. The Labute approximate surface area is 95.2 Å². The lowest BCUT2D eigenvalue weighted by Crippen LogP contribution is -1.79. The highest BCUT2D eigenvalue weighted by molar-refractivity contribution is 9.10. The van der Waals surface area contributed by atoms with E-state index in [1.165, 1.54) is 0 Å². The van der Waals surface area contributed by atoms with Gasteiger partial charge in [0.25, 0.3) is 0 Å². The van der Waals surface area contributed by atoms with Gasteiger partial charge in [-0.25, -0.2) is 0 Å². The molecule has 0 bridgehead atoms. The fourth-order valence-corrected chi connectivity index (χ4v) is 1.67. The molecule has 1 heterocycles. The summed E-state index contributed by atoms with van der Waals surface area (Å²) in [5, 5.41) is 8.98. The van der Waals surface area contributed by atoms with E-state index >= 15 is 0 Å². The van der Waals surface area contributed by atoms with Crippen LogP contribution >= 0.6 is 15.9 Å². The van der Waals surface area contributed by atoms with E-state index in [4.69, 9.17) is 15.4 Å². The van der Waals surface area contributed by atoms with Crippen LogP contribution in [0.5, 0.6) is 0 Å². The number of rotatable bonds is 1. The summed E-state index contributed by atoms with van der Waals surface area (Å²) in [6.45, 7) is 0. The molecule has 0 amide bonds. The highest BCUT2D eigenvalue weighted by Crippen LogP contribution is 2.35. The number of hydrogen-bond donors (Lipinski definition) is 1. The minimum Gasteiger partial charge on any atom is -0.438 e. The fraction of sp³-hybridized carbons (Fsp3) is 0. The van der Waals surface area contributed by atoms with Crippen molar-refractivity contribution in [1.29, 1.82) is 5.26 Å². The number of benzene rings is 1. The number of halogens is 1. The molecule has 1 aromatic carbocycles. The number of anilines is 1. The van der Waals surface area contributed by atoms with E-state index in [1.807, 2.05) is 30.3 Å². The Kier molecular flexibility index (Phi) is 2.48. The smallest absolute Gasteiger partial charge is 0.206 e. The van der Waals surface area contributed by atoms with E-state index in [0.717, 1.165) is 5.56 Å². The molecule has 0 aliphatic heterocycles. The van der Waals surface area contributed by atoms with Gasteiger partial charge >= 0.3 is 0 Å². The SMILES string of the molecule is N#Cc1c(-c2ccccc2)oc(N)c1Br. The van der Waals surface area contributed by atoms with Gasteiger partial charge in [0.15, 0.2) is 5.76 Å². The number of nitriles is 1. The number of nitrogens with zero attached hydrogens (tertiary/aromatic N) is 1. The normalized spacial score (nSPS) is 9.87. The average molecular weight is 263 g/mol. The van der Waals surface area contributed by atoms with Crippen molar-refractivity contribution in [1.82, 2.24) is 0 Å². The molecule has 4 heteroatoms. The van der Waals surface area contributed by atoms with Gasteiger partial charge in [0.2, 0.25) is 5.88 Å². The maximum absolute atomic E-state index is 8.98. The van der Waals surface area contributed by atoms with E-state index in [2.05, 4.69) is 22.0 Å². The Bertz CT molecular complexity index is 526. The van der Waals surface area contributed by atoms with E-state index < -0.39 is 0 Å². The van der Waals surface area contributed by atoms with E-state index in [9.17, 15) is 0 Å². The summed E-state index contributed by atoms with van der Waals surface area (Å²) < 4.78 is 5.85. The van der Waals surface area contributed by atoms with Crippen LogP contribution in [0.4, 0.5) is 5.88 Å². The molecule has 3 nitrogen and oxygen atoms in total. The molecular formula is C11H7BrN2O. The highest BCUT2D eigenvalue weighted by atomic mass is 79.9. The lowest BCUT2D eigenvalue weighted by molar-refractivity contribution is 0.601. The van der Waals surface area contributed by atoms with Gasteiger partial charge in [-0.1, -0.05) is 30.3 Å². The van der Waals surface area contributed by atoms with Crippen molar-refractivity contribution in [3.63, 3.8) is 0 Å². The lowest BCUT2D eigenvalue weighted by Gasteiger charge is -1.95. The van der Waals surface area contributed by atoms with E-state index in [1.54, 1.807) is 0 Å². The topological polar surface area (TPSA) is 63.0 Å². The fourth-order valence-electron chi connectivity index (χ4n) is 1.32. The highest BCUT2D eigenvalue weighted by Gasteiger charge is 2.17. The third kappa shape index (κ3) is 1.62. The van der Waals surface area contributed by atoms with Crippen LogP contribution in [-0.4, -0.2) is 0 Å². The van der Waals surface area contributed by atoms with Gasteiger partial charge < -0.3 is 10.2 Å². The predicted octanol–water partition coefficient (Wildman–Crippen LogP) is 3.16. The molecule has 0 radical (unpaired) electrons. The number of furan rings is 1. The van der Waals surface area contributed by atoms with Crippen LogP contribution < -0.4 is 5.73 Å². The minimum absolute atomic E-state index is 0.227. The number of nitrogens with two attached hydrogens (primary N) is 1. The van der Waals surface area contributed by atoms with Gasteiger partial charge in [-0.15, -0.1) is 0 Å². The molecule has 0 aliphatic carbocycles. The quantitative estimate of drug-likeness (QED) is 0.859. The molecule has 0 fully saturated rings. The molecule has 0 aliphatic rings. The summed E-state index contributed by atoms with van der Waals surface area (Å²) >= 11 is 3.22. The van der Waals surface area contributed by atoms with Gasteiger partial charge in [-0.05, 0) is 15.9 Å². The largest absolute Gasteiger partial charge is 0.438 e.